The highest BCUT2D eigenvalue weighted by atomic mass is 16.4. The van der Waals surface area contributed by atoms with Crippen LogP contribution >= 0.6 is 0 Å². The minimum atomic E-state index is -0.911. The Hall–Kier alpha value is -1.83. The SMILES string of the molecule is CC/C=C\C/C=C\C/C=C\C/C=C\C/C=C\CCCCCCCCCCCCCC(=O)[O-]. The molecule has 0 bridgehead atoms. The summed E-state index contributed by atoms with van der Waals surface area (Å²) in [6.45, 7) is 2.16. The van der Waals surface area contributed by atoms with Crippen molar-refractivity contribution in [3.8, 4) is 0 Å². The van der Waals surface area contributed by atoms with Crippen LogP contribution in [0.25, 0.3) is 0 Å². The van der Waals surface area contributed by atoms with E-state index in [9.17, 15) is 9.90 Å². The summed E-state index contributed by atoms with van der Waals surface area (Å²) >= 11 is 0. The van der Waals surface area contributed by atoms with Crippen LogP contribution < -0.4 is 5.11 Å². The number of allylic oxidation sites excluding steroid dienone is 10. The standard InChI is InChI=1S/C30H50O2/c1-2-3-4-5-6-7-8-9-10-11-12-13-14-15-16-17-18-19-20-21-22-23-24-25-26-27-28-29-30(31)32/h3-4,6-7,9-10,12-13,15-16H,2,5,8,11,14,17-29H2,1H3,(H,31,32)/p-1/b4-3-,7-6-,10-9-,13-12-,16-15-. The molecule has 0 spiro atoms. The zero-order chi connectivity index (χ0) is 23.4. The first-order valence-corrected chi connectivity index (χ1v) is 13.2. The Bertz CT molecular complexity index is 537. The second kappa shape index (κ2) is 27.2. The molecule has 0 radical (unpaired) electrons. The van der Waals surface area contributed by atoms with E-state index in [-0.39, 0.29) is 6.42 Å². The predicted molar refractivity (Wildman–Crippen MR) is 139 cm³/mol. The molecule has 0 aliphatic carbocycles. The molecule has 0 aromatic heterocycles. The van der Waals surface area contributed by atoms with Gasteiger partial charge >= 0.3 is 0 Å². The summed E-state index contributed by atoms with van der Waals surface area (Å²) in [5.74, 6) is -0.911. The minimum absolute atomic E-state index is 0.222. The summed E-state index contributed by atoms with van der Waals surface area (Å²) in [5.41, 5.74) is 0. The Balaban J connectivity index is 3.29. The van der Waals surface area contributed by atoms with E-state index < -0.39 is 5.97 Å². The van der Waals surface area contributed by atoms with Crippen LogP contribution in [0.15, 0.2) is 60.8 Å². The van der Waals surface area contributed by atoms with E-state index in [1.54, 1.807) is 0 Å². The molecule has 0 saturated heterocycles. The van der Waals surface area contributed by atoms with Crippen LogP contribution in [-0.2, 0) is 4.79 Å². The highest BCUT2D eigenvalue weighted by Gasteiger charge is 1.94. The van der Waals surface area contributed by atoms with Crippen molar-refractivity contribution in [1.29, 1.82) is 0 Å². The summed E-state index contributed by atoms with van der Waals surface area (Å²) in [6, 6.07) is 0. The number of carboxylic acid groups (broad SMARTS) is 1. The van der Waals surface area contributed by atoms with E-state index in [0.29, 0.717) is 0 Å². The average Bonchev–Trinajstić information content (AvgIpc) is 2.78. The molecule has 2 nitrogen and oxygen atoms in total. The summed E-state index contributed by atoms with van der Waals surface area (Å²) in [5, 5.41) is 10.3. The van der Waals surface area contributed by atoms with E-state index in [4.69, 9.17) is 0 Å². The molecule has 2 heteroatoms. The zero-order valence-corrected chi connectivity index (χ0v) is 20.8. The summed E-state index contributed by atoms with van der Waals surface area (Å²) in [7, 11) is 0. The van der Waals surface area contributed by atoms with Crippen LogP contribution in [0.5, 0.6) is 0 Å². The van der Waals surface area contributed by atoms with Gasteiger partial charge in [0, 0.05) is 5.97 Å². The van der Waals surface area contributed by atoms with Crippen molar-refractivity contribution in [3.05, 3.63) is 60.8 Å². The largest absolute Gasteiger partial charge is 0.550 e. The van der Waals surface area contributed by atoms with Gasteiger partial charge in [0.15, 0.2) is 0 Å². The molecule has 0 N–H and O–H groups in total. The van der Waals surface area contributed by atoms with Gasteiger partial charge in [-0.15, -0.1) is 0 Å². The van der Waals surface area contributed by atoms with Gasteiger partial charge in [0.1, 0.15) is 0 Å². The molecule has 0 aromatic carbocycles. The van der Waals surface area contributed by atoms with Crippen LogP contribution in [0, 0.1) is 0 Å². The van der Waals surface area contributed by atoms with E-state index >= 15 is 0 Å². The summed E-state index contributed by atoms with van der Waals surface area (Å²) in [6.07, 6.45) is 42.8. The van der Waals surface area contributed by atoms with Crippen LogP contribution in [0.1, 0.15) is 122 Å². The van der Waals surface area contributed by atoms with E-state index in [2.05, 4.69) is 67.7 Å². The van der Waals surface area contributed by atoms with E-state index in [1.807, 2.05) is 0 Å². The minimum Gasteiger partial charge on any atom is -0.550 e. The molecule has 0 atom stereocenters. The van der Waals surface area contributed by atoms with Gasteiger partial charge in [0.05, 0.1) is 0 Å². The van der Waals surface area contributed by atoms with Crippen molar-refractivity contribution in [3.63, 3.8) is 0 Å². The lowest BCUT2D eigenvalue weighted by Crippen LogP contribution is -2.21. The fraction of sp³-hybridized carbons (Fsp3) is 0.633. The number of aliphatic carboxylic acids is 1. The number of unbranched alkanes of at least 4 members (excludes halogenated alkanes) is 11. The van der Waals surface area contributed by atoms with Gasteiger partial charge in [-0.25, -0.2) is 0 Å². The molecular formula is C30H49O2-. The van der Waals surface area contributed by atoms with E-state index in [1.165, 1.54) is 64.2 Å². The van der Waals surface area contributed by atoms with Gasteiger partial charge in [0.25, 0.3) is 0 Å². The molecule has 0 heterocycles. The molecule has 182 valence electrons. The van der Waals surface area contributed by atoms with Gasteiger partial charge in [0.2, 0.25) is 0 Å². The third-order valence-corrected chi connectivity index (χ3v) is 5.41. The molecule has 0 amide bonds. The maximum absolute atomic E-state index is 10.3. The molecule has 0 rings (SSSR count). The van der Waals surface area contributed by atoms with Crippen LogP contribution in [0.4, 0.5) is 0 Å². The fourth-order valence-electron chi connectivity index (χ4n) is 3.49. The van der Waals surface area contributed by atoms with Crippen molar-refractivity contribution < 1.29 is 9.90 Å². The Morgan fingerprint density at radius 3 is 1.25 bits per heavy atom. The van der Waals surface area contributed by atoms with Crippen LogP contribution in [0.2, 0.25) is 0 Å². The lowest BCUT2D eigenvalue weighted by Gasteiger charge is -2.03. The number of hydrogen-bond donors (Lipinski definition) is 0. The molecule has 0 fully saturated rings. The quantitative estimate of drug-likeness (QED) is 0.118. The van der Waals surface area contributed by atoms with Crippen LogP contribution in [0.3, 0.4) is 0 Å². The normalized spacial score (nSPS) is 12.5. The maximum atomic E-state index is 10.3. The number of carboxylic acids is 1. The van der Waals surface area contributed by atoms with Gasteiger partial charge in [-0.1, -0.05) is 125 Å². The van der Waals surface area contributed by atoms with Crippen LogP contribution in [-0.4, -0.2) is 5.97 Å². The second-order valence-electron chi connectivity index (χ2n) is 8.51. The third kappa shape index (κ3) is 28.2. The summed E-state index contributed by atoms with van der Waals surface area (Å²) in [4.78, 5) is 10.3. The average molecular weight is 442 g/mol. The summed E-state index contributed by atoms with van der Waals surface area (Å²) < 4.78 is 0. The van der Waals surface area contributed by atoms with Crippen molar-refractivity contribution in [2.75, 3.05) is 0 Å². The lowest BCUT2D eigenvalue weighted by molar-refractivity contribution is -0.305. The lowest BCUT2D eigenvalue weighted by atomic mass is 10.0. The molecule has 0 aliphatic rings. The van der Waals surface area contributed by atoms with E-state index in [0.717, 1.165) is 44.9 Å². The van der Waals surface area contributed by atoms with Crippen molar-refractivity contribution in [2.45, 2.75) is 122 Å². The highest BCUT2D eigenvalue weighted by molar-refractivity contribution is 5.64. The Morgan fingerprint density at radius 1 is 0.500 bits per heavy atom. The zero-order valence-electron chi connectivity index (χ0n) is 20.8. The number of rotatable bonds is 23. The highest BCUT2D eigenvalue weighted by Crippen LogP contribution is 2.12. The number of carbonyl (C=O) groups excluding carboxylic acids is 1. The first-order chi connectivity index (χ1) is 15.8. The number of carbonyl (C=O) groups is 1. The second-order valence-corrected chi connectivity index (χ2v) is 8.51. The Labute approximate surface area is 199 Å². The van der Waals surface area contributed by atoms with Crippen molar-refractivity contribution >= 4 is 5.97 Å². The van der Waals surface area contributed by atoms with Gasteiger partial charge in [-0.05, 0) is 57.8 Å². The molecule has 0 aromatic rings. The Morgan fingerprint density at radius 2 is 0.844 bits per heavy atom. The predicted octanol–water partition coefficient (Wildman–Crippen LogP) is 8.56. The molecule has 0 aliphatic heterocycles. The number of hydrogen-bond acceptors (Lipinski definition) is 2. The topological polar surface area (TPSA) is 40.1 Å². The molecular weight excluding hydrogens is 392 g/mol. The molecule has 32 heavy (non-hydrogen) atoms. The van der Waals surface area contributed by atoms with Crippen molar-refractivity contribution in [2.24, 2.45) is 0 Å². The first kappa shape index (κ1) is 30.2. The smallest absolute Gasteiger partial charge is 0.0414 e. The fourth-order valence-corrected chi connectivity index (χ4v) is 3.49. The first-order valence-electron chi connectivity index (χ1n) is 13.2. The molecule has 0 saturated carbocycles. The Kier molecular flexibility index (Phi) is 25.6. The molecule has 0 unspecified atom stereocenters. The van der Waals surface area contributed by atoms with Gasteiger partial charge in [-0.3, -0.25) is 0 Å². The van der Waals surface area contributed by atoms with Gasteiger partial charge < -0.3 is 9.90 Å². The monoisotopic (exact) mass is 441 g/mol. The third-order valence-electron chi connectivity index (χ3n) is 5.41. The van der Waals surface area contributed by atoms with Crippen molar-refractivity contribution in [1.82, 2.24) is 0 Å². The van der Waals surface area contributed by atoms with Gasteiger partial charge in [-0.2, -0.15) is 0 Å². The maximum Gasteiger partial charge on any atom is 0.0414 e.